The fourth-order valence-corrected chi connectivity index (χ4v) is 1.17. The van der Waals surface area contributed by atoms with Crippen LogP contribution in [-0.2, 0) is 0 Å². The van der Waals surface area contributed by atoms with Gasteiger partial charge in [-0.1, -0.05) is 0 Å². The van der Waals surface area contributed by atoms with Crippen LogP contribution < -0.4 is 4.74 Å². The molecule has 0 amide bonds. The van der Waals surface area contributed by atoms with Gasteiger partial charge >= 0.3 is 5.97 Å². The van der Waals surface area contributed by atoms with Gasteiger partial charge in [-0.2, -0.15) is 0 Å². The quantitative estimate of drug-likeness (QED) is 0.865. The molecule has 0 fully saturated rings. The molecule has 0 saturated carbocycles. The Labute approximate surface area is 83.7 Å². The number of nitrogens with zero attached hydrogens (tertiary/aromatic N) is 1. The number of aryl methyl sites for hydroxylation is 1. The van der Waals surface area contributed by atoms with Crippen molar-refractivity contribution in [2.45, 2.75) is 6.92 Å². The smallest absolute Gasteiger partial charge is 0.358 e. The molecule has 1 aromatic rings. The molecular formula is C8H8BrNO3. The van der Waals surface area contributed by atoms with Gasteiger partial charge in [0.05, 0.1) is 12.8 Å². The van der Waals surface area contributed by atoms with E-state index in [1.54, 1.807) is 13.0 Å². The number of aromatic carboxylic acids is 1. The molecule has 1 N–H and O–H groups in total. The van der Waals surface area contributed by atoms with Crippen LogP contribution in [0.15, 0.2) is 10.5 Å². The Balaban J connectivity index is 3.33. The van der Waals surface area contributed by atoms with Crippen LogP contribution in [0.2, 0.25) is 0 Å². The minimum atomic E-state index is -1.09. The maximum atomic E-state index is 10.7. The van der Waals surface area contributed by atoms with Gasteiger partial charge in [-0.15, -0.1) is 0 Å². The van der Waals surface area contributed by atoms with E-state index in [0.717, 1.165) is 4.47 Å². The normalized spacial score (nSPS) is 9.77. The number of ether oxygens (including phenoxy) is 1. The summed E-state index contributed by atoms with van der Waals surface area (Å²) in [6.45, 7) is 1.72. The van der Waals surface area contributed by atoms with E-state index < -0.39 is 5.97 Å². The van der Waals surface area contributed by atoms with Crippen molar-refractivity contribution in [1.29, 1.82) is 0 Å². The molecule has 0 aliphatic heterocycles. The average Bonchev–Trinajstić information content (AvgIpc) is 2.08. The third-order valence-corrected chi connectivity index (χ3v) is 2.34. The molecule has 0 radical (unpaired) electrons. The lowest BCUT2D eigenvalue weighted by atomic mass is 10.3. The Kier molecular flexibility index (Phi) is 2.87. The van der Waals surface area contributed by atoms with Gasteiger partial charge in [0.25, 0.3) is 0 Å². The number of pyridine rings is 1. The monoisotopic (exact) mass is 245 g/mol. The van der Waals surface area contributed by atoms with Crippen molar-refractivity contribution >= 4 is 21.9 Å². The molecule has 0 atom stereocenters. The number of carboxylic acids is 1. The largest absolute Gasteiger partial charge is 0.494 e. The molecule has 0 aliphatic rings. The molecule has 0 aliphatic carbocycles. The van der Waals surface area contributed by atoms with Gasteiger partial charge in [-0.3, -0.25) is 0 Å². The fourth-order valence-electron chi connectivity index (χ4n) is 0.873. The summed E-state index contributed by atoms with van der Waals surface area (Å²) in [7, 11) is 1.41. The molecule has 0 spiro atoms. The van der Waals surface area contributed by atoms with Crippen LogP contribution in [0.5, 0.6) is 5.75 Å². The first kappa shape index (κ1) is 9.98. The van der Waals surface area contributed by atoms with Crippen molar-refractivity contribution in [2.75, 3.05) is 7.11 Å². The number of carboxylic acid groups (broad SMARTS) is 1. The second-order valence-corrected chi connectivity index (χ2v) is 3.27. The van der Waals surface area contributed by atoms with E-state index in [0.29, 0.717) is 5.69 Å². The number of methoxy groups -OCH3 is 1. The lowest BCUT2D eigenvalue weighted by Crippen LogP contribution is -2.05. The molecule has 1 heterocycles. The molecule has 1 rings (SSSR count). The zero-order chi connectivity index (χ0) is 10.0. The predicted molar refractivity (Wildman–Crippen MR) is 50.2 cm³/mol. The van der Waals surface area contributed by atoms with E-state index in [2.05, 4.69) is 20.9 Å². The number of hydrogen-bond donors (Lipinski definition) is 1. The zero-order valence-electron chi connectivity index (χ0n) is 7.17. The second kappa shape index (κ2) is 3.74. The highest BCUT2D eigenvalue weighted by molar-refractivity contribution is 9.10. The van der Waals surface area contributed by atoms with Crippen LogP contribution in [0.4, 0.5) is 0 Å². The molecule has 0 unspecified atom stereocenters. The van der Waals surface area contributed by atoms with Crippen LogP contribution in [0.1, 0.15) is 16.2 Å². The van der Waals surface area contributed by atoms with E-state index in [9.17, 15) is 4.79 Å². The van der Waals surface area contributed by atoms with Gasteiger partial charge in [0, 0.05) is 4.47 Å². The summed E-state index contributed by atoms with van der Waals surface area (Å²) in [6, 6.07) is 1.59. The van der Waals surface area contributed by atoms with Gasteiger partial charge in [-0.25, -0.2) is 9.78 Å². The van der Waals surface area contributed by atoms with E-state index in [4.69, 9.17) is 9.84 Å². The van der Waals surface area contributed by atoms with Crippen LogP contribution in [-0.4, -0.2) is 23.2 Å². The highest BCUT2D eigenvalue weighted by Gasteiger charge is 2.14. The van der Waals surface area contributed by atoms with Crippen molar-refractivity contribution < 1.29 is 14.6 Å². The maximum Gasteiger partial charge on any atom is 0.358 e. The number of aromatic nitrogens is 1. The summed E-state index contributed by atoms with van der Waals surface area (Å²) in [6.07, 6.45) is 0. The summed E-state index contributed by atoms with van der Waals surface area (Å²) >= 11 is 3.23. The minimum absolute atomic E-state index is 0.0665. The number of rotatable bonds is 2. The Bertz CT molecular complexity index is 351. The van der Waals surface area contributed by atoms with E-state index in [-0.39, 0.29) is 11.4 Å². The number of halogens is 1. The maximum absolute atomic E-state index is 10.7. The van der Waals surface area contributed by atoms with E-state index >= 15 is 0 Å². The molecule has 4 nitrogen and oxygen atoms in total. The minimum Gasteiger partial charge on any atom is -0.494 e. The first-order chi connectivity index (χ1) is 6.06. The standard InChI is InChI=1S/C8H8BrNO3/c1-4-5(9)3-6(13-2)7(10-4)8(11)12/h3H,1-2H3,(H,11,12). The van der Waals surface area contributed by atoms with Crippen molar-refractivity contribution in [3.05, 3.63) is 21.9 Å². The molecular weight excluding hydrogens is 238 g/mol. The van der Waals surface area contributed by atoms with Gasteiger partial charge in [-0.05, 0) is 28.9 Å². The first-order valence-corrected chi connectivity index (χ1v) is 4.30. The third-order valence-electron chi connectivity index (χ3n) is 1.54. The molecule has 1 aromatic heterocycles. The fraction of sp³-hybridized carbons (Fsp3) is 0.250. The molecule has 13 heavy (non-hydrogen) atoms. The van der Waals surface area contributed by atoms with Gasteiger partial charge in [0.1, 0.15) is 0 Å². The lowest BCUT2D eigenvalue weighted by molar-refractivity contribution is 0.0686. The van der Waals surface area contributed by atoms with Crippen LogP contribution in [0, 0.1) is 6.92 Å². The van der Waals surface area contributed by atoms with Crippen molar-refractivity contribution in [3.63, 3.8) is 0 Å². The van der Waals surface area contributed by atoms with Gasteiger partial charge in [0.15, 0.2) is 11.4 Å². The SMILES string of the molecule is COc1cc(Br)c(C)nc1C(=O)O. The highest BCUT2D eigenvalue weighted by atomic mass is 79.9. The summed E-state index contributed by atoms with van der Waals surface area (Å²) in [5.41, 5.74) is 0.557. The van der Waals surface area contributed by atoms with Crippen LogP contribution in [0.3, 0.4) is 0 Å². The van der Waals surface area contributed by atoms with E-state index in [1.807, 2.05) is 0 Å². The average molecular weight is 246 g/mol. The Morgan fingerprint density at radius 2 is 2.31 bits per heavy atom. The topological polar surface area (TPSA) is 59.4 Å². The number of hydrogen-bond acceptors (Lipinski definition) is 3. The molecule has 0 aromatic carbocycles. The number of carbonyl (C=O) groups is 1. The molecule has 0 bridgehead atoms. The van der Waals surface area contributed by atoms with Gasteiger partial charge in [0.2, 0.25) is 0 Å². The summed E-state index contributed by atoms with van der Waals surface area (Å²) in [4.78, 5) is 14.6. The molecule has 5 heteroatoms. The Hall–Kier alpha value is -1.10. The van der Waals surface area contributed by atoms with E-state index in [1.165, 1.54) is 7.11 Å². The highest BCUT2D eigenvalue weighted by Crippen LogP contribution is 2.23. The van der Waals surface area contributed by atoms with Crippen LogP contribution in [0.25, 0.3) is 0 Å². The summed E-state index contributed by atoms with van der Waals surface area (Å²) < 4.78 is 5.60. The molecule has 70 valence electrons. The van der Waals surface area contributed by atoms with Crippen molar-refractivity contribution in [2.24, 2.45) is 0 Å². The van der Waals surface area contributed by atoms with Crippen LogP contribution >= 0.6 is 15.9 Å². The first-order valence-electron chi connectivity index (χ1n) is 3.50. The summed E-state index contributed by atoms with van der Waals surface area (Å²) in [5, 5.41) is 8.75. The van der Waals surface area contributed by atoms with Crippen molar-refractivity contribution in [3.8, 4) is 5.75 Å². The zero-order valence-corrected chi connectivity index (χ0v) is 8.75. The Morgan fingerprint density at radius 3 is 2.77 bits per heavy atom. The third kappa shape index (κ3) is 1.98. The Morgan fingerprint density at radius 1 is 1.69 bits per heavy atom. The van der Waals surface area contributed by atoms with Crippen molar-refractivity contribution in [1.82, 2.24) is 4.98 Å². The van der Waals surface area contributed by atoms with Gasteiger partial charge < -0.3 is 9.84 Å². The molecule has 0 saturated heterocycles. The predicted octanol–water partition coefficient (Wildman–Crippen LogP) is 1.86. The summed E-state index contributed by atoms with van der Waals surface area (Å²) in [5.74, 6) is -0.836. The lowest BCUT2D eigenvalue weighted by Gasteiger charge is -2.05. The second-order valence-electron chi connectivity index (χ2n) is 2.41.